The van der Waals surface area contributed by atoms with E-state index in [1.165, 1.54) is 5.56 Å². The largest absolute Gasteiger partial charge is 0.496 e. The van der Waals surface area contributed by atoms with Crippen molar-refractivity contribution in [1.29, 1.82) is 0 Å². The van der Waals surface area contributed by atoms with Crippen LogP contribution in [0.4, 0.5) is 5.82 Å². The van der Waals surface area contributed by atoms with E-state index in [0.29, 0.717) is 23.2 Å². The Morgan fingerprint density at radius 2 is 2.14 bits per heavy atom. The quantitative estimate of drug-likeness (QED) is 0.917. The highest BCUT2D eigenvalue weighted by Gasteiger charge is 2.12. The van der Waals surface area contributed by atoms with Gasteiger partial charge in [-0.15, -0.1) is 0 Å². The van der Waals surface area contributed by atoms with Crippen molar-refractivity contribution in [2.45, 2.75) is 33.1 Å². The maximum atomic E-state index is 12.1. The molecule has 0 atom stereocenters. The Morgan fingerprint density at radius 1 is 1.38 bits per heavy atom. The summed E-state index contributed by atoms with van der Waals surface area (Å²) in [6.07, 6.45) is 0.232. The number of aromatic nitrogens is 1. The highest BCUT2D eigenvalue weighted by atomic mass is 16.5. The lowest BCUT2D eigenvalue weighted by Gasteiger charge is -2.12. The minimum atomic E-state index is -0.150. The first-order chi connectivity index (χ1) is 9.99. The number of nitrogens with zero attached hydrogens (tertiary/aromatic N) is 1. The Hall–Kier alpha value is -2.30. The zero-order valence-electron chi connectivity index (χ0n) is 12.8. The lowest BCUT2D eigenvalue weighted by atomic mass is 9.99. The number of carbonyl (C=O) groups is 1. The second kappa shape index (κ2) is 6.43. The molecular formula is C16H20N2O3. The molecule has 2 rings (SSSR count). The maximum Gasteiger partial charge on any atom is 0.230 e. The Morgan fingerprint density at radius 3 is 2.71 bits per heavy atom. The van der Waals surface area contributed by atoms with Gasteiger partial charge in [0.25, 0.3) is 0 Å². The summed E-state index contributed by atoms with van der Waals surface area (Å²) in [6.45, 7) is 6.01. The van der Waals surface area contributed by atoms with Crippen LogP contribution >= 0.6 is 0 Å². The van der Waals surface area contributed by atoms with E-state index >= 15 is 0 Å². The van der Waals surface area contributed by atoms with Crippen molar-refractivity contribution in [1.82, 2.24) is 5.16 Å². The van der Waals surface area contributed by atoms with Gasteiger partial charge in [0, 0.05) is 11.6 Å². The summed E-state index contributed by atoms with van der Waals surface area (Å²) in [6, 6.07) is 7.61. The molecule has 0 radical (unpaired) electrons. The molecule has 0 saturated carbocycles. The number of carbonyl (C=O) groups excluding carboxylic acids is 1. The van der Waals surface area contributed by atoms with Crippen LogP contribution in [0.2, 0.25) is 0 Å². The van der Waals surface area contributed by atoms with Crippen LogP contribution < -0.4 is 10.1 Å². The molecule has 5 heteroatoms. The van der Waals surface area contributed by atoms with Crippen LogP contribution in [-0.2, 0) is 11.2 Å². The van der Waals surface area contributed by atoms with E-state index in [4.69, 9.17) is 9.26 Å². The average molecular weight is 288 g/mol. The standard InChI is InChI=1S/C16H20N2O3/c1-10(2)12-5-6-14(20-4)13(8-12)9-16(19)17-15-7-11(3)21-18-15/h5-8,10H,9H2,1-4H3,(H,17,18,19). The number of ether oxygens (including phenoxy) is 1. The first-order valence-corrected chi connectivity index (χ1v) is 6.89. The maximum absolute atomic E-state index is 12.1. The van der Waals surface area contributed by atoms with E-state index in [1.807, 2.05) is 18.2 Å². The van der Waals surface area contributed by atoms with Gasteiger partial charge in [0.15, 0.2) is 5.82 Å². The molecule has 1 aromatic carbocycles. The monoisotopic (exact) mass is 288 g/mol. The molecule has 1 amide bonds. The van der Waals surface area contributed by atoms with Crippen molar-refractivity contribution in [3.63, 3.8) is 0 Å². The molecule has 1 aromatic heterocycles. The van der Waals surface area contributed by atoms with Crippen LogP contribution in [0.5, 0.6) is 5.75 Å². The number of methoxy groups -OCH3 is 1. The summed E-state index contributed by atoms with van der Waals surface area (Å²) >= 11 is 0. The predicted octanol–water partition coefficient (Wildman–Crippen LogP) is 3.30. The van der Waals surface area contributed by atoms with Crippen LogP contribution in [0.1, 0.15) is 36.7 Å². The van der Waals surface area contributed by atoms with Gasteiger partial charge in [-0.25, -0.2) is 0 Å². The molecule has 0 saturated heterocycles. The number of amides is 1. The van der Waals surface area contributed by atoms with Crippen molar-refractivity contribution in [3.8, 4) is 5.75 Å². The zero-order valence-corrected chi connectivity index (χ0v) is 12.8. The molecule has 0 aliphatic rings. The third-order valence-electron chi connectivity index (χ3n) is 3.22. The number of nitrogens with one attached hydrogen (secondary N) is 1. The molecule has 5 nitrogen and oxygen atoms in total. The Kier molecular flexibility index (Phi) is 4.62. The Labute approximate surface area is 124 Å². The highest BCUT2D eigenvalue weighted by Crippen LogP contribution is 2.24. The Bertz CT molecular complexity index is 632. The first kappa shape index (κ1) is 15.1. The molecule has 0 bridgehead atoms. The topological polar surface area (TPSA) is 64.4 Å². The van der Waals surface area contributed by atoms with Gasteiger partial charge < -0.3 is 14.6 Å². The molecule has 0 aliphatic heterocycles. The number of anilines is 1. The lowest BCUT2D eigenvalue weighted by Crippen LogP contribution is -2.15. The van der Waals surface area contributed by atoms with Crippen molar-refractivity contribution in [3.05, 3.63) is 41.2 Å². The number of hydrogen-bond donors (Lipinski definition) is 1. The number of rotatable bonds is 5. The van der Waals surface area contributed by atoms with Crippen LogP contribution in [0, 0.1) is 6.92 Å². The van der Waals surface area contributed by atoms with E-state index in [9.17, 15) is 4.79 Å². The van der Waals surface area contributed by atoms with E-state index in [0.717, 1.165) is 5.56 Å². The third-order valence-corrected chi connectivity index (χ3v) is 3.22. The summed E-state index contributed by atoms with van der Waals surface area (Å²) in [7, 11) is 1.60. The molecule has 2 aromatic rings. The fraction of sp³-hybridized carbons (Fsp3) is 0.375. The van der Waals surface area contributed by atoms with Gasteiger partial charge in [0.05, 0.1) is 13.5 Å². The highest BCUT2D eigenvalue weighted by molar-refractivity contribution is 5.91. The van der Waals surface area contributed by atoms with Gasteiger partial charge in [-0.05, 0) is 24.5 Å². The van der Waals surface area contributed by atoms with E-state index in [-0.39, 0.29) is 12.3 Å². The molecule has 0 aliphatic carbocycles. The van der Waals surface area contributed by atoms with Crippen molar-refractivity contribution in [2.75, 3.05) is 12.4 Å². The van der Waals surface area contributed by atoms with Gasteiger partial charge in [-0.2, -0.15) is 0 Å². The van der Waals surface area contributed by atoms with Crippen LogP contribution in [0.25, 0.3) is 0 Å². The number of aryl methyl sites for hydroxylation is 1. The summed E-state index contributed by atoms with van der Waals surface area (Å²) in [5.74, 6) is 2.05. The lowest BCUT2D eigenvalue weighted by molar-refractivity contribution is -0.115. The normalized spacial score (nSPS) is 10.7. The average Bonchev–Trinajstić information content (AvgIpc) is 2.83. The molecular weight excluding hydrogens is 268 g/mol. The Balaban J connectivity index is 2.13. The SMILES string of the molecule is COc1ccc(C(C)C)cc1CC(=O)Nc1cc(C)on1. The molecule has 0 fully saturated rings. The fourth-order valence-corrected chi connectivity index (χ4v) is 2.08. The second-order valence-electron chi connectivity index (χ2n) is 5.27. The smallest absolute Gasteiger partial charge is 0.230 e. The van der Waals surface area contributed by atoms with Gasteiger partial charge in [-0.1, -0.05) is 31.1 Å². The summed E-state index contributed by atoms with van der Waals surface area (Å²) in [5, 5.41) is 6.46. The van der Waals surface area contributed by atoms with Crippen LogP contribution in [0.3, 0.4) is 0 Å². The van der Waals surface area contributed by atoms with E-state index in [1.54, 1.807) is 20.1 Å². The molecule has 1 heterocycles. The summed E-state index contributed by atoms with van der Waals surface area (Å²) < 4.78 is 10.2. The van der Waals surface area contributed by atoms with Gasteiger partial charge in [-0.3, -0.25) is 4.79 Å². The molecule has 21 heavy (non-hydrogen) atoms. The van der Waals surface area contributed by atoms with E-state index < -0.39 is 0 Å². The summed E-state index contributed by atoms with van der Waals surface area (Å²) in [4.78, 5) is 12.1. The molecule has 0 spiro atoms. The minimum absolute atomic E-state index is 0.150. The van der Waals surface area contributed by atoms with Crippen LogP contribution in [0.15, 0.2) is 28.8 Å². The third kappa shape index (κ3) is 3.84. The van der Waals surface area contributed by atoms with Gasteiger partial charge in [0.2, 0.25) is 5.91 Å². The minimum Gasteiger partial charge on any atom is -0.496 e. The predicted molar refractivity (Wildman–Crippen MR) is 80.7 cm³/mol. The summed E-state index contributed by atoms with van der Waals surface area (Å²) in [5.41, 5.74) is 2.04. The second-order valence-corrected chi connectivity index (χ2v) is 5.27. The van der Waals surface area contributed by atoms with E-state index in [2.05, 4.69) is 24.3 Å². The van der Waals surface area contributed by atoms with Crippen molar-refractivity contribution in [2.24, 2.45) is 0 Å². The van der Waals surface area contributed by atoms with Gasteiger partial charge in [0.1, 0.15) is 11.5 Å². The zero-order chi connectivity index (χ0) is 15.4. The molecule has 112 valence electrons. The number of benzene rings is 1. The molecule has 1 N–H and O–H groups in total. The van der Waals surface area contributed by atoms with Crippen molar-refractivity contribution >= 4 is 11.7 Å². The number of hydrogen-bond acceptors (Lipinski definition) is 4. The first-order valence-electron chi connectivity index (χ1n) is 6.89. The van der Waals surface area contributed by atoms with Crippen LogP contribution in [-0.4, -0.2) is 18.2 Å². The fourth-order valence-electron chi connectivity index (χ4n) is 2.08. The van der Waals surface area contributed by atoms with Crippen molar-refractivity contribution < 1.29 is 14.1 Å². The van der Waals surface area contributed by atoms with Gasteiger partial charge >= 0.3 is 0 Å². The molecule has 0 unspecified atom stereocenters.